The largest absolute Gasteiger partial charge is 0.441 e. The first-order valence-corrected chi connectivity index (χ1v) is 12.5. The van der Waals surface area contributed by atoms with Crippen LogP contribution in [0.1, 0.15) is 68.3 Å². The molecule has 1 aliphatic rings. The number of likely N-dealkylation sites (tertiary alicyclic amines) is 1. The van der Waals surface area contributed by atoms with Gasteiger partial charge in [-0.1, -0.05) is 26.0 Å². The number of rotatable bonds is 8. The normalized spacial score (nSPS) is 16.3. The van der Waals surface area contributed by atoms with Crippen molar-refractivity contribution in [2.24, 2.45) is 0 Å². The lowest BCUT2D eigenvalue weighted by atomic mass is 10.0. The molecule has 0 radical (unpaired) electrons. The molecule has 1 saturated heterocycles. The number of oxazole rings is 1. The van der Waals surface area contributed by atoms with Crippen LogP contribution >= 0.6 is 0 Å². The number of Topliss-reactive ketones (excluding diaryl/α,β-unsaturated/α-hetero) is 1. The Balaban J connectivity index is 1.69. The number of benzene rings is 1. The van der Waals surface area contributed by atoms with Crippen LogP contribution in [0.15, 0.2) is 28.7 Å². The molecule has 6 nitrogen and oxygen atoms in total. The summed E-state index contributed by atoms with van der Waals surface area (Å²) in [5, 5.41) is -0.322. The summed E-state index contributed by atoms with van der Waals surface area (Å²) >= 11 is 0. The highest BCUT2D eigenvalue weighted by atomic mass is 32.2. The minimum atomic E-state index is -3.30. The van der Waals surface area contributed by atoms with Gasteiger partial charge in [0.15, 0.2) is 15.6 Å². The zero-order valence-electron chi connectivity index (χ0n) is 18.3. The second-order valence-corrected chi connectivity index (χ2v) is 10.4. The summed E-state index contributed by atoms with van der Waals surface area (Å²) in [4.78, 5) is 18.3. The highest BCUT2D eigenvalue weighted by Gasteiger charge is 2.33. The predicted octanol–water partition coefficient (Wildman–Crippen LogP) is 4.42. The molecule has 0 amide bonds. The molecule has 7 heteroatoms. The van der Waals surface area contributed by atoms with Crippen LogP contribution in [0.5, 0.6) is 0 Å². The van der Waals surface area contributed by atoms with E-state index in [1.54, 1.807) is 31.2 Å². The fourth-order valence-corrected chi connectivity index (χ4v) is 6.06. The quantitative estimate of drug-likeness (QED) is 0.575. The monoisotopic (exact) mass is 432 g/mol. The molecule has 2 aromatic rings. The number of hydrogen-bond donors (Lipinski definition) is 0. The van der Waals surface area contributed by atoms with Crippen LogP contribution in [0.25, 0.3) is 11.5 Å². The molecule has 1 aromatic heterocycles. The Morgan fingerprint density at radius 1 is 1.17 bits per heavy atom. The number of piperidine rings is 1. The summed E-state index contributed by atoms with van der Waals surface area (Å²) < 4.78 is 31.8. The Morgan fingerprint density at radius 2 is 1.77 bits per heavy atom. The van der Waals surface area contributed by atoms with Gasteiger partial charge in [-0.3, -0.25) is 4.79 Å². The maximum absolute atomic E-state index is 13.1. The van der Waals surface area contributed by atoms with Crippen LogP contribution in [0.4, 0.5) is 0 Å². The van der Waals surface area contributed by atoms with Crippen molar-refractivity contribution in [3.63, 3.8) is 0 Å². The van der Waals surface area contributed by atoms with Crippen molar-refractivity contribution >= 4 is 15.6 Å². The molecule has 0 unspecified atom stereocenters. The van der Waals surface area contributed by atoms with Gasteiger partial charge in [-0.15, -0.1) is 0 Å². The van der Waals surface area contributed by atoms with Crippen molar-refractivity contribution in [2.45, 2.75) is 70.4 Å². The number of carbonyl (C=O) groups excluding carboxylic acids is 1. The van der Waals surface area contributed by atoms with Gasteiger partial charge in [0.25, 0.3) is 0 Å². The van der Waals surface area contributed by atoms with Gasteiger partial charge in [-0.05, 0) is 64.8 Å². The van der Waals surface area contributed by atoms with Crippen molar-refractivity contribution in [3.8, 4) is 11.5 Å². The van der Waals surface area contributed by atoms with E-state index in [0.29, 0.717) is 41.8 Å². The van der Waals surface area contributed by atoms with Crippen molar-refractivity contribution < 1.29 is 17.6 Å². The summed E-state index contributed by atoms with van der Waals surface area (Å²) in [6.07, 6.45) is 3.55. The maximum atomic E-state index is 13.1. The molecule has 1 aliphatic heterocycles. The number of aromatic nitrogens is 1. The van der Waals surface area contributed by atoms with E-state index in [2.05, 4.69) is 23.7 Å². The van der Waals surface area contributed by atoms with E-state index in [4.69, 9.17) is 4.42 Å². The summed E-state index contributed by atoms with van der Waals surface area (Å²) in [5.41, 5.74) is 1.82. The molecule has 3 rings (SSSR count). The third-order valence-corrected chi connectivity index (χ3v) is 8.38. The molecule has 1 aromatic carbocycles. The molecule has 0 atom stereocenters. The zero-order valence-corrected chi connectivity index (χ0v) is 19.2. The van der Waals surface area contributed by atoms with Gasteiger partial charge in [0.05, 0.1) is 16.7 Å². The first-order valence-electron chi connectivity index (χ1n) is 10.8. The molecule has 164 valence electrons. The second-order valence-electron chi connectivity index (χ2n) is 8.17. The molecule has 0 saturated carbocycles. The highest BCUT2D eigenvalue weighted by Crippen LogP contribution is 2.27. The molecule has 1 fully saturated rings. The smallest absolute Gasteiger partial charge is 0.226 e. The first kappa shape index (κ1) is 22.7. The van der Waals surface area contributed by atoms with Crippen molar-refractivity contribution in [3.05, 3.63) is 41.3 Å². The van der Waals surface area contributed by atoms with E-state index in [9.17, 15) is 13.2 Å². The Bertz CT molecular complexity index is 967. The van der Waals surface area contributed by atoms with Crippen LogP contribution < -0.4 is 0 Å². The Morgan fingerprint density at radius 3 is 2.30 bits per heavy atom. The van der Waals surface area contributed by atoms with E-state index in [1.165, 1.54) is 6.92 Å². The van der Waals surface area contributed by atoms with Gasteiger partial charge >= 0.3 is 0 Å². The molecule has 0 N–H and O–H groups in total. The minimum Gasteiger partial charge on any atom is -0.441 e. The lowest BCUT2D eigenvalue weighted by Gasteiger charge is -2.36. The predicted molar refractivity (Wildman–Crippen MR) is 118 cm³/mol. The Hall–Kier alpha value is -1.99. The number of sulfone groups is 1. The van der Waals surface area contributed by atoms with Gasteiger partial charge < -0.3 is 9.32 Å². The maximum Gasteiger partial charge on any atom is 0.226 e. The summed E-state index contributed by atoms with van der Waals surface area (Å²) in [6.45, 7) is 9.32. The average molecular weight is 433 g/mol. The molecule has 30 heavy (non-hydrogen) atoms. The van der Waals surface area contributed by atoms with E-state index in [0.717, 1.165) is 31.5 Å². The third kappa shape index (κ3) is 5.01. The number of carbonyl (C=O) groups is 1. The number of nitrogens with zero attached hydrogens (tertiary/aromatic N) is 2. The molecular weight excluding hydrogens is 400 g/mol. The second kappa shape index (κ2) is 9.43. The minimum absolute atomic E-state index is 0.00726. The van der Waals surface area contributed by atoms with Crippen LogP contribution in [-0.4, -0.2) is 48.5 Å². The van der Waals surface area contributed by atoms with Gasteiger partial charge in [0, 0.05) is 17.2 Å². The summed E-state index contributed by atoms with van der Waals surface area (Å²) in [6, 6.07) is 7.54. The van der Waals surface area contributed by atoms with Gasteiger partial charge in [-0.25, -0.2) is 13.4 Å². The fourth-order valence-electron chi connectivity index (χ4n) is 4.25. The van der Waals surface area contributed by atoms with E-state index in [-0.39, 0.29) is 16.8 Å². The zero-order chi connectivity index (χ0) is 21.9. The molecule has 0 aliphatic carbocycles. The molecule has 2 heterocycles. The number of aryl methyl sites for hydroxylation is 1. The number of hydrogen-bond acceptors (Lipinski definition) is 6. The van der Waals surface area contributed by atoms with Crippen molar-refractivity contribution in [2.75, 3.05) is 13.1 Å². The van der Waals surface area contributed by atoms with Crippen LogP contribution in [0.3, 0.4) is 0 Å². The summed E-state index contributed by atoms with van der Waals surface area (Å²) in [7, 11) is -3.30. The van der Waals surface area contributed by atoms with Crippen molar-refractivity contribution in [1.82, 2.24) is 9.88 Å². The van der Waals surface area contributed by atoms with Gasteiger partial charge in [0.2, 0.25) is 5.89 Å². The standard InChI is InChI=1S/C23H32N2O4S/c1-5-20(6-2)25-13-11-21(12-14-25)30(27,28)15-22-17(4)29-23(24-22)19-9-7-18(8-10-19)16(3)26/h7-10,20-21H,5-6,11-15H2,1-4H3. The van der Waals surface area contributed by atoms with E-state index >= 15 is 0 Å². The topological polar surface area (TPSA) is 80.5 Å². The lowest BCUT2D eigenvalue weighted by molar-refractivity contribution is 0.101. The fraction of sp³-hybridized carbons (Fsp3) is 0.565. The van der Waals surface area contributed by atoms with E-state index in [1.807, 2.05) is 0 Å². The van der Waals surface area contributed by atoms with Crippen molar-refractivity contribution in [1.29, 1.82) is 0 Å². The molecule has 0 bridgehead atoms. The van der Waals surface area contributed by atoms with E-state index < -0.39 is 9.84 Å². The summed E-state index contributed by atoms with van der Waals surface area (Å²) in [5.74, 6) is 0.811. The molecule has 0 spiro atoms. The Labute approximate surface area is 179 Å². The molecular formula is C23H32N2O4S. The number of ketones is 1. The highest BCUT2D eigenvalue weighted by molar-refractivity contribution is 7.91. The van der Waals surface area contributed by atoms with Crippen LogP contribution in [0.2, 0.25) is 0 Å². The van der Waals surface area contributed by atoms with Crippen LogP contribution in [-0.2, 0) is 15.6 Å². The van der Waals surface area contributed by atoms with Gasteiger partial charge in [0.1, 0.15) is 5.76 Å². The first-order chi connectivity index (χ1) is 14.2. The lowest BCUT2D eigenvalue weighted by Crippen LogP contribution is -2.44. The van der Waals surface area contributed by atoms with Crippen LogP contribution in [0, 0.1) is 6.92 Å². The SMILES string of the molecule is CCC(CC)N1CCC(S(=O)(=O)Cc2nc(-c3ccc(C(C)=O)cc3)oc2C)CC1. The third-order valence-electron chi connectivity index (χ3n) is 6.21. The Kier molecular flexibility index (Phi) is 7.14. The van der Waals surface area contributed by atoms with Gasteiger partial charge in [-0.2, -0.15) is 0 Å². The average Bonchev–Trinajstić information content (AvgIpc) is 3.09.